The summed E-state index contributed by atoms with van der Waals surface area (Å²) in [5, 5.41) is 0. The molecular formula is C13H20IN3. The second kappa shape index (κ2) is 6.23. The third kappa shape index (κ3) is 4.18. The molecule has 1 aromatic carbocycles. The SMILES string of the molecule is CN(C)C(N)=NCc1ccc(C2CC2)cc1.I. The van der Waals surface area contributed by atoms with Crippen LogP contribution in [0.25, 0.3) is 0 Å². The minimum Gasteiger partial charge on any atom is -0.370 e. The molecule has 94 valence electrons. The van der Waals surface area contributed by atoms with Gasteiger partial charge in [0.1, 0.15) is 0 Å². The van der Waals surface area contributed by atoms with Crippen LogP contribution in [0.3, 0.4) is 0 Å². The zero-order valence-electron chi connectivity index (χ0n) is 10.4. The van der Waals surface area contributed by atoms with Gasteiger partial charge >= 0.3 is 0 Å². The Morgan fingerprint density at radius 3 is 2.35 bits per heavy atom. The number of hydrogen-bond donors (Lipinski definition) is 1. The Balaban J connectivity index is 0.00000144. The maximum absolute atomic E-state index is 5.73. The molecule has 2 rings (SSSR count). The Bertz CT molecular complexity index is 380. The summed E-state index contributed by atoms with van der Waals surface area (Å²) in [6.45, 7) is 0.662. The Kier molecular flexibility index (Phi) is 5.24. The van der Waals surface area contributed by atoms with Crippen molar-refractivity contribution < 1.29 is 0 Å². The lowest BCUT2D eigenvalue weighted by Gasteiger charge is -2.10. The minimum atomic E-state index is 0. The lowest BCUT2D eigenvalue weighted by atomic mass is 10.1. The van der Waals surface area contributed by atoms with Gasteiger partial charge in [-0.1, -0.05) is 24.3 Å². The first-order chi connectivity index (χ1) is 7.66. The smallest absolute Gasteiger partial charge is 0.191 e. The van der Waals surface area contributed by atoms with Gasteiger partial charge in [-0.3, -0.25) is 0 Å². The average Bonchev–Trinajstić information content (AvgIpc) is 3.10. The lowest BCUT2D eigenvalue weighted by molar-refractivity contribution is 0.609. The van der Waals surface area contributed by atoms with Crippen molar-refractivity contribution in [3.63, 3.8) is 0 Å². The molecule has 1 aliphatic carbocycles. The fourth-order valence-electron chi connectivity index (χ4n) is 1.63. The molecule has 4 heteroatoms. The van der Waals surface area contributed by atoms with Gasteiger partial charge in [0.2, 0.25) is 0 Å². The van der Waals surface area contributed by atoms with E-state index in [1.54, 1.807) is 0 Å². The Morgan fingerprint density at radius 1 is 1.29 bits per heavy atom. The van der Waals surface area contributed by atoms with Gasteiger partial charge in [0.05, 0.1) is 6.54 Å². The molecule has 3 nitrogen and oxygen atoms in total. The molecular weight excluding hydrogens is 325 g/mol. The van der Waals surface area contributed by atoms with Crippen LogP contribution in [0.5, 0.6) is 0 Å². The van der Waals surface area contributed by atoms with Gasteiger partial charge in [0.15, 0.2) is 5.96 Å². The molecule has 0 radical (unpaired) electrons. The van der Waals surface area contributed by atoms with E-state index in [9.17, 15) is 0 Å². The Labute approximate surface area is 120 Å². The molecule has 2 N–H and O–H groups in total. The van der Waals surface area contributed by atoms with Crippen molar-refractivity contribution in [3.05, 3.63) is 35.4 Å². The van der Waals surface area contributed by atoms with Crippen LogP contribution in [0, 0.1) is 0 Å². The highest BCUT2D eigenvalue weighted by Crippen LogP contribution is 2.39. The van der Waals surface area contributed by atoms with Gasteiger partial charge in [-0.2, -0.15) is 0 Å². The summed E-state index contributed by atoms with van der Waals surface area (Å²) >= 11 is 0. The van der Waals surface area contributed by atoms with Crippen molar-refractivity contribution in [2.24, 2.45) is 10.7 Å². The van der Waals surface area contributed by atoms with Crippen molar-refractivity contribution in [2.75, 3.05) is 14.1 Å². The molecule has 1 fully saturated rings. The molecule has 0 heterocycles. The monoisotopic (exact) mass is 345 g/mol. The molecule has 0 atom stereocenters. The molecule has 1 saturated carbocycles. The summed E-state index contributed by atoms with van der Waals surface area (Å²) in [5.41, 5.74) is 8.41. The molecule has 17 heavy (non-hydrogen) atoms. The summed E-state index contributed by atoms with van der Waals surface area (Å²) in [5.74, 6) is 1.40. The average molecular weight is 345 g/mol. The number of guanidine groups is 1. The maximum Gasteiger partial charge on any atom is 0.191 e. The first-order valence-corrected chi connectivity index (χ1v) is 5.73. The van der Waals surface area contributed by atoms with E-state index in [0.717, 1.165) is 5.92 Å². The first-order valence-electron chi connectivity index (χ1n) is 5.73. The van der Waals surface area contributed by atoms with E-state index in [0.29, 0.717) is 12.5 Å². The molecule has 0 spiro atoms. The van der Waals surface area contributed by atoms with Gasteiger partial charge in [0, 0.05) is 14.1 Å². The standard InChI is InChI=1S/C13H19N3.HI/c1-16(2)13(14)15-9-10-3-5-11(6-4-10)12-7-8-12;/h3-6,12H,7-9H2,1-2H3,(H2,14,15);1H. The zero-order valence-corrected chi connectivity index (χ0v) is 12.7. The van der Waals surface area contributed by atoms with E-state index in [-0.39, 0.29) is 24.0 Å². The second-order valence-electron chi connectivity index (χ2n) is 4.58. The fourth-order valence-corrected chi connectivity index (χ4v) is 1.63. The van der Waals surface area contributed by atoms with Gasteiger partial charge < -0.3 is 10.6 Å². The predicted molar refractivity (Wildman–Crippen MR) is 82.8 cm³/mol. The highest BCUT2D eigenvalue weighted by atomic mass is 127. The number of aliphatic imine (C=N–C) groups is 1. The maximum atomic E-state index is 5.73. The van der Waals surface area contributed by atoms with E-state index in [2.05, 4.69) is 29.3 Å². The molecule has 0 bridgehead atoms. The molecule has 0 saturated heterocycles. The largest absolute Gasteiger partial charge is 0.370 e. The summed E-state index contributed by atoms with van der Waals surface area (Å²) < 4.78 is 0. The molecule has 0 amide bonds. The number of hydrogen-bond acceptors (Lipinski definition) is 1. The van der Waals surface area contributed by atoms with Crippen LogP contribution in [0.15, 0.2) is 29.3 Å². The Morgan fingerprint density at radius 2 is 1.88 bits per heavy atom. The van der Waals surface area contributed by atoms with Gasteiger partial charge in [0.25, 0.3) is 0 Å². The van der Waals surface area contributed by atoms with Crippen LogP contribution in [-0.2, 0) is 6.54 Å². The van der Waals surface area contributed by atoms with Crippen LogP contribution in [0.2, 0.25) is 0 Å². The normalized spacial score (nSPS) is 15.3. The number of halogens is 1. The summed E-state index contributed by atoms with van der Waals surface area (Å²) in [6.07, 6.45) is 2.70. The molecule has 0 aromatic heterocycles. The van der Waals surface area contributed by atoms with Crippen LogP contribution in [0.1, 0.15) is 29.9 Å². The number of nitrogens with zero attached hydrogens (tertiary/aromatic N) is 2. The van der Waals surface area contributed by atoms with Crippen molar-refractivity contribution in [2.45, 2.75) is 25.3 Å². The third-order valence-corrected chi connectivity index (χ3v) is 2.91. The van der Waals surface area contributed by atoms with Gasteiger partial charge in [-0.15, -0.1) is 24.0 Å². The van der Waals surface area contributed by atoms with Gasteiger partial charge in [-0.05, 0) is 29.9 Å². The topological polar surface area (TPSA) is 41.6 Å². The van der Waals surface area contributed by atoms with Gasteiger partial charge in [-0.25, -0.2) is 4.99 Å². The van der Waals surface area contributed by atoms with E-state index in [4.69, 9.17) is 5.73 Å². The van der Waals surface area contributed by atoms with Crippen LogP contribution in [-0.4, -0.2) is 25.0 Å². The second-order valence-corrected chi connectivity index (χ2v) is 4.58. The van der Waals surface area contributed by atoms with E-state index in [1.165, 1.54) is 24.0 Å². The van der Waals surface area contributed by atoms with E-state index >= 15 is 0 Å². The minimum absolute atomic E-state index is 0. The molecule has 0 aliphatic heterocycles. The van der Waals surface area contributed by atoms with Crippen molar-refractivity contribution in [3.8, 4) is 0 Å². The summed E-state index contributed by atoms with van der Waals surface area (Å²) in [7, 11) is 3.80. The van der Waals surface area contributed by atoms with Crippen LogP contribution >= 0.6 is 24.0 Å². The fraction of sp³-hybridized carbons (Fsp3) is 0.462. The molecule has 0 unspecified atom stereocenters. The van der Waals surface area contributed by atoms with E-state index < -0.39 is 0 Å². The lowest BCUT2D eigenvalue weighted by Crippen LogP contribution is -2.30. The zero-order chi connectivity index (χ0) is 11.5. The summed E-state index contributed by atoms with van der Waals surface area (Å²) in [6, 6.07) is 8.74. The Hall–Kier alpha value is -0.780. The number of nitrogens with two attached hydrogens (primary N) is 1. The first kappa shape index (κ1) is 14.3. The third-order valence-electron chi connectivity index (χ3n) is 2.91. The number of rotatable bonds is 3. The van der Waals surface area contributed by atoms with Crippen LogP contribution in [0.4, 0.5) is 0 Å². The van der Waals surface area contributed by atoms with Crippen molar-refractivity contribution >= 4 is 29.9 Å². The highest BCUT2D eigenvalue weighted by Gasteiger charge is 2.22. The van der Waals surface area contributed by atoms with Crippen LogP contribution < -0.4 is 5.73 Å². The van der Waals surface area contributed by atoms with Crippen molar-refractivity contribution in [1.82, 2.24) is 4.90 Å². The molecule has 1 aromatic rings. The van der Waals surface area contributed by atoms with Crippen molar-refractivity contribution in [1.29, 1.82) is 0 Å². The van der Waals surface area contributed by atoms with E-state index in [1.807, 2.05) is 19.0 Å². The predicted octanol–water partition coefficient (Wildman–Crippen LogP) is 2.56. The summed E-state index contributed by atoms with van der Waals surface area (Å²) in [4.78, 5) is 6.12. The number of benzene rings is 1. The highest BCUT2D eigenvalue weighted by molar-refractivity contribution is 14.0. The quantitative estimate of drug-likeness (QED) is 0.520. The molecule has 1 aliphatic rings.